The second-order valence-corrected chi connectivity index (χ2v) is 18.0. The Labute approximate surface area is 418 Å². The maximum Gasteiger partial charge on any atom is 0.416 e. The topological polar surface area (TPSA) is 96.8 Å². The number of hydrogen-bond acceptors (Lipinski definition) is 8. The Morgan fingerprint density at radius 1 is 0.556 bits per heavy atom. The number of halogens is 6. The zero-order chi connectivity index (χ0) is 52.0. The summed E-state index contributed by atoms with van der Waals surface area (Å²) >= 11 is 0. The normalized spacial score (nSPS) is 12.6. The number of rotatable bonds is 23. The molecule has 72 heavy (non-hydrogen) atoms. The fraction of sp³-hybridized carbons (Fsp3) is 0.379. The minimum Gasteiger partial charge on any atom is -0.493 e. The summed E-state index contributed by atoms with van der Waals surface area (Å²) in [5.74, 6) is 0.403. The average molecular weight is 997 g/mol. The first-order valence-corrected chi connectivity index (χ1v) is 24.6. The van der Waals surface area contributed by atoms with Gasteiger partial charge in [0.15, 0.2) is 11.5 Å². The number of carbonyl (C=O) groups is 2. The van der Waals surface area contributed by atoms with Crippen LogP contribution in [0, 0.1) is 13.8 Å². The van der Waals surface area contributed by atoms with E-state index in [1.807, 2.05) is 69.3 Å². The van der Waals surface area contributed by atoms with E-state index in [2.05, 4.69) is 13.8 Å². The number of benzene rings is 4. The van der Waals surface area contributed by atoms with Crippen molar-refractivity contribution in [3.63, 3.8) is 0 Å². The number of aromatic nitrogens is 2. The molecule has 2 heterocycles. The van der Waals surface area contributed by atoms with E-state index in [0.717, 1.165) is 84.2 Å². The lowest BCUT2D eigenvalue weighted by atomic mass is 10.0. The van der Waals surface area contributed by atoms with Crippen LogP contribution in [0.15, 0.2) is 109 Å². The number of alkyl halides is 6. The van der Waals surface area contributed by atoms with Gasteiger partial charge in [-0.15, -0.1) is 0 Å². The summed E-state index contributed by atoms with van der Waals surface area (Å²) in [6.07, 6.45) is -3.00. The van der Waals surface area contributed by atoms with E-state index in [4.69, 9.17) is 28.9 Å². The summed E-state index contributed by atoms with van der Waals surface area (Å²) in [6, 6.07) is 28.4. The highest BCUT2D eigenvalue weighted by Crippen LogP contribution is 2.40. The van der Waals surface area contributed by atoms with Crippen LogP contribution in [0.2, 0.25) is 0 Å². The lowest BCUT2D eigenvalue weighted by Crippen LogP contribution is -2.14. The van der Waals surface area contributed by atoms with E-state index in [1.165, 1.54) is 24.3 Å². The van der Waals surface area contributed by atoms with E-state index in [-0.39, 0.29) is 19.3 Å². The van der Waals surface area contributed by atoms with E-state index in [9.17, 15) is 35.9 Å². The number of pyridine rings is 2. The number of aryl methyl sites for hydroxylation is 5. The lowest BCUT2D eigenvalue weighted by Gasteiger charge is -2.23. The first-order chi connectivity index (χ1) is 34.4. The maximum atomic E-state index is 13.3. The van der Waals surface area contributed by atoms with Crippen LogP contribution in [0.25, 0.3) is 22.5 Å². The third-order valence-corrected chi connectivity index (χ3v) is 12.3. The molecule has 2 atom stereocenters. The molecule has 0 saturated heterocycles. The molecule has 0 bridgehead atoms. The van der Waals surface area contributed by atoms with Crippen LogP contribution in [-0.4, -0.2) is 29.0 Å². The molecule has 2 unspecified atom stereocenters. The van der Waals surface area contributed by atoms with Crippen LogP contribution in [-0.2, 0) is 45.9 Å². The monoisotopic (exact) mass is 996 g/mol. The Hall–Kier alpha value is -6.70. The van der Waals surface area contributed by atoms with Crippen molar-refractivity contribution in [2.75, 3.05) is 7.11 Å². The predicted molar refractivity (Wildman–Crippen MR) is 266 cm³/mol. The van der Waals surface area contributed by atoms with Gasteiger partial charge in [0.2, 0.25) is 0 Å². The highest BCUT2D eigenvalue weighted by molar-refractivity contribution is 5.85. The summed E-state index contributed by atoms with van der Waals surface area (Å²) < 4.78 is 104. The van der Waals surface area contributed by atoms with Gasteiger partial charge in [-0.2, -0.15) is 26.3 Å². The number of hydrogen-bond donors (Lipinski definition) is 0. The van der Waals surface area contributed by atoms with Crippen LogP contribution in [0.4, 0.5) is 26.3 Å². The van der Waals surface area contributed by atoms with Gasteiger partial charge in [-0.3, -0.25) is 9.59 Å². The van der Waals surface area contributed by atoms with E-state index in [0.29, 0.717) is 76.8 Å². The van der Waals surface area contributed by atoms with Gasteiger partial charge < -0.3 is 18.9 Å². The Morgan fingerprint density at radius 2 is 1.00 bits per heavy atom. The lowest BCUT2D eigenvalue weighted by molar-refractivity contribution is -0.159. The number of ether oxygens (including phenoxy) is 4. The third-order valence-electron chi connectivity index (χ3n) is 12.3. The van der Waals surface area contributed by atoms with Crippen LogP contribution in [0.1, 0.15) is 141 Å². The molecule has 0 N–H and O–H groups in total. The van der Waals surface area contributed by atoms with E-state index in [1.54, 1.807) is 19.2 Å². The zero-order valence-electron chi connectivity index (χ0n) is 41.6. The molecular weight excluding hydrogens is 935 g/mol. The molecule has 6 aromatic rings. The Balaban J connectivity index is 1.07. The van der Waals surface area contributed by atoms with E-state index >= 15 is 0 Å². The first-order valence-electron chi connectivity index (χ1n) is 24.6. The van der Waals surface area contributed by atoms with Crippen molar-refractivity contribution < 1.29 is 54.9 Å². The number of methoxy groups -OCH3 is 1. The van der Waals surface area contributed by atoms with Gasteiger partial charge in [0.1, 0.15) is 18.0 Å². The molecule has 14 heteroatoms. The van der Waals surface area contributed by atoms with Gasteiger partial charge in [0.25, 0.3) is 0 Å². The number of nitrogens with zero attached hydrogens (tertiary/aromatic N) is 2. The minimum absolute atomic E-state index is 0.0214. The standard InChI is InChI=1S/C58H62F6N2O6/c1-7-10-19-50(48-17-12-15-46(65-48)41-23-27-44(28-24-41)57(59,60)61)70-55-37(4)33-39(34-38(55)5)21-31-53(67)72-54(68)32-22-40-35-43(14-9-3)56(52(36-40)69-6)71-51(20-11-8-2)49-18-13-16-47(66-49)42-25-29-45(30-26-42)58(62,63)64/h12-13,15-18,23-30,33-36,50-51H,7-11,14,19-22,31-32H2,1-6H3. The highest BCUT2D eigenvalue weighted by Gasteiger charge is 2.31. The number of carbonyl (C=O) groups excluding carboxylic acids is 2. The van der Waals surface area contributed by atoms with Crippen molar-refractivity contribution >= 4 is 11.9 Å². The van der Waals surface area contributed by atoms with Crippen molar-refractivity contribution in [1.82, 2.24) is 9.97 Å². The van der Waals surface area contributed by atoms with Crippen molar-refractivity contribution in [3.05, 3.63) is 160 Å². The van der Waals surface area contributed by atoms with Crippen molar-refractivity contribution in [3.8, 4) is 39.8 Å². The molecule has 0 amide bonds. The van der Waals surface area contributed by atoms with Crippen molar-refractivity contribution in [2.24, 2.45) is 0 Å². The molecule has 6 rings (SSSR count). The third kappa shape index (κ3) is 14.9. The minimum atomic E-state index is -4.44. The molecule has 382 valence electrons. The summed E-state index contributed by atoms with van der Waals surface area (Å²) in [7, 11) is 1.54. The van der Waals surface area contributed by atoms with Crippen LogP contribution < -0.4 is 14.2 Å². The van der Waals surface area contributed by atoms with Gasteiger partial charge in [0.05, 0.1) is 53.9 Å². The molecule has 8 nitrogen and oxygen atoms in total. The number of esters is 2. The predicted octanol–water partition coefficient (Wildman–Crippen LogP) is 15.7. The van der Waals surface area contributed by atoms with Crippen molar-refractivity contribution in [1.29, 1.82) is 0 Å². The molecule has 0 aliphatic heterocycles. The second kappa shape index (κ2) is 25.1. The summed E-state index contributed by atoms with van der Waals surface area (Å²) in [5.41, 5.74) is 6.24. The fourth-order valence-electron chi connectivity index (χ4n) is 8.54. The molecule has 2 aromatic heterocycles. The van der Waals surface area contributed by atoms with Gasteiger partial charge in [-0.1, -0.05) is 94.6 Å². The van der Waals surface area contributed by atoms with Gasteiger partial charge >= 0.3 is 24.3 Å². The van der Waals surface area contributed by atoms with Gasteiger partial charge in [-0.25, -0.2) is 9.97 Å². The van der Waals surface area contributed by atoms with Crippen LogP contribution >= 0.6 is 0 Å². The Morgan fingerprint density at radius 3 is 1.42 bits per heavy atom. The van der Waals surface area contributed by atoms with Crippen LogP contribution in [0.3, 0.4) is 0 Å². The molecule has 0 aliphatic rings. The maximum absolute atomic E-state index is 13.3. The number of unbranched alkanes of at least 4 members (excludes halogenated alkanes) is 2. The fourth-order valence-corrected chi connectivity index (χ4v) is 8.54. The Bertz CT molecular complexity index is 2730. The molecule has 0 saturated carbocycles. The second-order valence-electron chi connectivity index (χ2n) is 18.0. The van der Waals surface area contributed by atoms with Crippen molar-refractivity contribution in [2.45, 2.75) is 136 Å². The van der Waals surface area contributed by atoms with Crippen LogP contribution in [0.5, 0.6) is 17.2 Å². The van der Waals surface area contributed by atoms with Gasteiger partial charge in [-0.05, 0) is 141 Å². The molecule has 0 fully saturated rings. The summed E-state index contributed by atoms with van der Waals surface area (Å²) in [5, 5.41) is 0. The Kier molecular flexibility index (Phi) is 19.0. The zero-order valence-corrected chi connectivity index (χ0v) is 41.6. The van der Waals surface area contributed by atoms with E-state index < -0.39 is 47.6 Å². The molecule has 0 spiro atoms. The smallest absolute Gasteiger partial charge is 0.416 e. The molecule has 0 radical (unpaired) electrons. The molecule has 0 aliphatic carbocycles. The average Bonchev–Trinajstić information content (AvgIpc) is 3.36. The highest BCUT2D eigenvalue weighted by atomic mass is 19.4. The summed E-state index contributed by atoms with van der Waals surface area (Å²) in [4.78, 5) is 35.7. The van der Waals surface area contributed by atoms with Gasteiger partial charge in [0, 0.05) is 11.1 Å². The molecule has 4 aromatic carbocycles. The SMILES string of the molecule is CCCCC(Oc1c(C)cc(CCC(=O)OC(=O)CCc2cc(CCC)c(OC(CCCC)c3cccc(-c4ccc(C(F)(F)F)cc4)n3)c(OC)c2)cc1C)c1cccc(-c2ccc(C(F)(F)F)cc2)n1. The summed E-state index contributed by atoms with van der Waals surface area (Å²) in [6.45, 7) is 10.0. The first kappa shape index (κ1) is 54.6. The molecular formula is C58H62F6N2O6. The quantitative estimate of drug-likeness (QED) is 0.0356. The largest absolute Gasteiger partial charge is 0.493 e.